The second-order valence-corrected chi connectivity index (χ2v) is 8.00. The van der Waals surface area contributed by atoms with Crippen LogP contribution in [0.15, 0.2) is 24.3 Å². The summed E-state index contributed by atoms with van der Waals surface area (Å²) in [6.45, 7) is 6.32. The first-order valence-corrected chi connectivity index (χ1v) is 8.13. The number of benzene rings is 1. The quantitative estimate of drug-likeness (QED) is 0.675. The van der Waals surface area contributed by atoms with Crippen LogP contribution in [0.5, 0.6) is 0 Å². The lowest BCUT2D eigenvalue weighted by molar-refractivity contribution is 0.631. The highest BCUT2D eigenvalue weighted by Gasteiger charge is 2.18. The smallest absolute Gasteiger partial charge is 0.142 e. The van der Waals surface area contributed by atoms with Gasteiger partial charge in [-0.2, -0.15) is 0 Å². The molecule has 0 saturated heterocycles. The molecule has 2 nitrogen and oxygen atoms in total. The van der Waals surface area contributed by atoms with Crippen LogP contribution in [0.2, 0.25) is 10.3 Å². The molecule has 2 aromatic rings. The van der Waals surface area contributed by atoms with Gasteiger partial charge in [0.2, 0.25) is 0 Å². The average molecular weight is 345 g/mol. The van der Waals surface area contributed by atoms with Gasteiger partial charge in [-0.25, -0.2) is 14.4 Å². The highest BCUT2D eigenvalue weighted by molar-refractivity contribution is 7.99. The number of hydrogen-bond acceptors (Lipinski definition) is 3. The van der Waals surface area contributed by atoms with E-state index in [0.717, 1.165) is 0 Å². The van der Waals surface area contributed by atoms with Crippen molar-refractivity contribution in [1.82, 2.24) is 9.97 Å². The third kappa shape index (κ3) is 4.31. The molecular formula is C15H15Cl2FN2S. The molecule has 0 atom stereocenters. The Labute approximate surface area is 138 Å². The number of hydrogen-bond donors (Lipinski definition) is 0. The summed E-state index contributed by atoms with van der Waals surface area (Å²) < 4.78 is 14.0. The van der Waals surface area contributed by atoms with Crippen LogP contribution in [0.1, 0.15) is 26.6 Å². The largest absolute Gasteiger partial charge is 0.220 e. The molecule has 0 aliphatic carbocycles. The Morgan fingerprint density at radius 1 is 1.10 bits per heavy atom. The fourth-order valence-corrected chi connectivity index (χ4v) is 3.00. The van der Waals surface area contributed by atoms with E-state index in [1.165, 1.54) is 6.07 Å². The molecule has 0 fully saturated rings. The summed E-state index contributed by atoms with van der Waals surface area (Å²) in [5, 5.41) is 0.342. The Morgan fingerprint density at radius 2 is 1.67 bits per heavy atom. The number of nitrogens with zero attached hydrogens (tertiary/aromatic N) is 2. The zero-order valence-corrected chi connectivity index (χ0v) is 14.3. The minimum atomic E-state index is -0.401. The fraction of sp³-hybridized carbons (Fsp3) is 0.333. The number of thioether (sulfide) groups is 1. The van der Waals surface area contributed by atoms with Gasteiger partial charge in [0.25, 0.3) is 0 Å². The predicted molar refractivity (Wildman–Crippen MR) is 88.5 cm³/mol. The summed E-state index contributed by atoms with van der Waals surface area (Å²) in [4.78, 5) is 8.47. The van der Waals surface area contributed by atoms with E-state index in [-0.39, 0.29) is 15.1 Å². The van der Waals surface area contributed by atoms with Crippen LogP contribution in [-0.2, 0) is 5.75 Å². The van der Waals surface area contributed by atoms with E-state index in [4.69, 9.17) is 23.2 Å². The first-order valence-electron chi connectivity index (χ1n) is 6.39. The van der Waals surface area contributed by atoms with Gasteiger partial charge >= 0.3 is 0 Å². The Hall–Kier alpha value is -0.840. The summed E-state index contributed by atoms with van der Waals surface area (Å²) in [5.74, 6) is 0.743. The molecule has 1 aromatic heterocycles. The van der Waals surface area contributed by atoms with Crippen molar-refractivity contribution in [2.45, 2.75) is 31.3 Å². The van der Waals surface area contributed by atoms with Crippen molar-refractivity contribution in [3.63, 3.8) is 0 Å². The number of aromatic nitrogens is 2. The standard InChI is InChI=1S/C15H15Cl2FN2S/c1-15(2,3)21-8-11-19-13(16)12(14(17)20-11)9-6-4-5-7-10(9)18/h4-7H,8H2,1-3H3. The third-order valence-electron chi connectivity index (χ3n) is 2.64. The molecule has 0 saturated carbocycles. The summed E-state index contributed by atoms with van der Waals surface area (Å²) >= 11 is 14.1. The van der Waals surface area contributed by atoms with Gasteiger partial charge in [0.15, 0.2) is 0 Å². The van der Waals surface area contributed by atoms with Crippen molar-refractivity contribution in [2.24, 2.45) is 0 Å². The van der Waals surface area contributed by atoms with Crippen molar-refractivity contribution in [3.05, 3.63) is 46.2 Å². The van der Waals surface area contributed by atoms with E-state index in [2.05, 4.69) is 30.7 Å². The van der Waals surface area contributed by atoms with E-state index in [1.807, 2.05) is 0 Å². The predicted octanol–water partition coefficient (Wildman–Crippen LogP) is 5.62. The molecule has 0 unspecified atom stereocenters. The van der Waals surface area contributed by atoms with Crippen LogP contribution in [0.25, 0.3) is 11.1 Å². The molecule has 1 aromatic carbocycles. The van der Waals surface area contributed by atoms with Crippen LogP contribution in [0.3, 0.4) is 0 Å². The van der Waals surface area contributed by atoms with Crippen molar-refractivity contribution >= 4 is 35.0 Å². The van der Waals surface area contributed by atoms with Crippen LogP contribution >= 0.6 is 35.0 Å². The minimum Gasteiger partial charge on any atom is -0.220 e. The highest BCUT2D eigenvalue weighted by atomic mass is 35.5. The lowest BCUT2D eigenvalue weighted by atomic mass is 10.1. The van der Waals surface area contributed by atoms with Crippen molar-refractivity contribution in [3.8, 4) is 11.1 Å². The molecular weight excluding hydrogens is 330 g/mol. The van der Waals surface area contributed by atoms with E-state index >= 15 is 0 Å². The van der Waals surface area contributed by atoms with Gasteiger partial charge in [0.1, 0.15) is 21.9 Å². The van der Waals surface area contributed by atoms with E-state index < -0.39 is 5.82 Å². The molecule has 0 bridgehead atoms. The Balaban J connectivity index is 2.37. The lowest BCUT2D eigenvalue weighted by Crippen LogP contribution is -2.09. The van der Waals surface area contributed by atoms with E-state index in [0.29, 0.717) is 22.7 Å². The molecule has 0 radical (unpaired) electrons. The molecule has 112 valence electrons. The monoisotopic (exact) mass is 344 g/mol. The van der Waals surface area contributed by atoms with E-state index in [1.54, 1.807) is 30.0 Å². The van der Waals surface area contributed by atoms with Crippen LogP contribution in [-0.4, -0.2) is 14.7 Å². The third-order valence-corrected chi connectivity index (χ3v) is 4.46. The lowest BCUT2D eigenvalue weighted by Gasteiger charge is -2.17. The summed E-state index contributed by atoms with van der Waals surface area (Å²) in [6.07, 6.45) is 0. The zero-order valence-electron chi connectivity index (χ0n) is 12.0. The molecule has 21 heavy (non-hydrogen) atoms. The normalized spacial score (nSPS) is 11.7. The first kappa shape index (κ1) is 16.5. The molecule has 0 spiro atoms. The highest BCUT2D eigenvalue weighted by Crippen LogP contribution is 2.35. The maximum atomic E-state index is 13.9. The van der Waals surface area contributed by atoms with Gasteiger partial charge in [0, 0.05) is 10.3 Å². The Bertz CT molecular complexity index is 633. The number of rotatable bonds is 3. The molecule has 0 aliphatic heterocycles. The summed E-state index contributed by atoms with van der Waals surface area (Å²) in [5.41, 5.74) is 0.642. The van der Waals surface area contributed by atoms with Gasteiger partial charge in [-0.1, -0.05) is 62.2 Å². The molecule has 0 N–H and O–H groups in total. The topological polar surface area (TPSA) is 25.8 Å². The van der Waals surface area contributed by atoms with Crippen molar-refractivity contribution in [2.75, 3.05) is 0 Å². The van der Waals surface area contributed by atoms with Crippen LogP contribution in [0, 0.1) is 5.82 Å². The van der Waals surface area contributed by atoms with Crippen LogP contribution in [0.4, 0.5) is 4.39 Å². The second-order valence-electron chi connectivity index (χ2n) is 5.48. The average Bonchev–Trinajstić information content (AvgIpc) is 2.37. The SMILES string of the molecule is CC(C)(C)SCc1nc(Cl)c(-c2ccccc2F)c(Cl)n1. The second kappa shape index (κ2) is 6.51. The summed E-state index contributed by atoms with van der Waals surface area (Å²) in [7, 11) is 0. The number of halogens is 3. The van der Waals surface area contributed by atoms with Gasteiger partial charge in [0.05, 0.1) is 11.3 Å². The molecule has 0 aliphatic rings. The molecule has 0 amide bonds. The van der Waals surface area contributed by atoms with E-state index in [9.17, 15) is 4.39 Å². The maximum absolute atomic E-state index is 13.9. The van der Waals surface area contributed by atoms with Gasteiger partial charge in [-0.15, -0.1) is 11.8 Å². The maximum Gasteiger partial charge on any atom is 0.142 e. The Morgan fingerprint density at radius 3 is 2.19 bits per heavy atom. The van der Waals surface area contributed by atoms with Gasteiger partial charge in [-0.05, 0) is 6.07 Å². The minimum absolute atomic E-state index is 0.0898. The van der Waals surface area contributed by atoms with Gasteiger partial charge in [-0.3, -0.25) is 0 Å². The fourth-order valence-electron chi connectivity index (χ4n) is 1.68. The van der Waals surface area contributed by atoms with Crippen LogP contribution < -0.4 is 0 Å². The summed E-state index contributed by atoms with van der Waals surface area (Å²) in [6, 6.07) is 6.28. The zero-order chi connectivity index (χ0) is 15.6. The molecule has 6 heteroatoms. The molecule has 2 rings (SSSR count). The van der Waals surface area contributed by atoms with Crippen molar-refractivity contribution in [1.29, 1.82) is 0 Å². The van der Waals surface area contributed by atoms with Gasteiger partial charge < -0.3 is 0 Å². The Kier molecular flexibility index (Phi) is 5.12. The van der Waals surface area contributed by atoms with Crippen molar-refractivity contribution < 1.29 is 4.39 Å². The molecule has 1 heterocycles. The first-order chi connectivity index (χ1) is 9.78.